The normalized spacial score (nSPS) is 11.2. The van der Waals surface area contributed by atoms with Gasteiger partial charge in [-0.2, -0.15) is 10.4 Å². The van der Waals surface area contributed by atoms with Crippen LogP contribution < -0.4 is 0 Å². The summed E-state index contributed by atoms with van der Waals surface area (Å²) in [5.74, 6) is -0.155. The van der Waals surface area contributed by atoms with Crippen LogP contribution in [0.3, 0.4) is 0 Å². The molecule has 4 nitrogen and oxygen atoms in total. The standard InChI is InChI=1S/C21H16ClN3O/c1-14-11-15(2)25(24-14)20(12-16-3-5-17(13-23)6-4-16)21(26)18-7-9-19(22)10-8-18/h3-12H,1-2H3/b20-12-. The molecule has 0 unspecified atom stereocenters. The molecule has 0 saturated carbocycles. The fourth-order valence-corrected chi connectivity index (χ4v) is 2.78. The van der Waals surface area contributed by atoms with E-state index < -0.39 is 0 Å². The van der Waals surface area contributed by atoms with Crippen LogP contribution in [0, 0.1) is 25.2 Å². The molecule has 0 atom stereocenters. The number of carbonyl (C=O) groups is 1. The summed E-state index contributed by atoms with van der Waals surface area (Å²) in [6, 6.07) is 17.8. The van der Waals surface area contributed by atoms with Crippen LogP contribution in [0.5, 0.6) is 0 Å². The van der Waals surface area contributed by atoms with Crippen LogP contribution in [0.4, 0.5) is 0 Å². The van der Waals surface area contributed by atoms with Crippen LogP contribution in [0.15, 0.2) is 54.6 Å². The molecule has 0 aliphatic carbocycles. The molecule has 5 heteroatoms. The van der Waals surface area contributed by atoms with E-state index >= 15 is 0 Å². The highest BCUT2D eigenvalue weighted by molar-refractivity contribution is 6.31. The predicted molar refractivity (Wildman–Crippen MR) is 103 cm³/mol. The van der Waals surface area contributed by atoms with E-state index in [-0.39, 0.29) is 5.78 Å². The van der Waals surface area contributed by atoms with E-state index in [9.17, 15) is 4.79 Å². The Labute approximate surface area is 157 Å². The quantitative estimate of drug-likeness (QED) is 0.490. The van der Waals surface area contributed by atoms with Gasteiger partial charge in [0, 0.05) is 16.3 Å². The molecule has 0 spiro atoms. The van der Waals surface area contributed by atoms with Gasteiger partial charge in [-0.3, -0.25) is 4.79 Å². The van der Waals surface area contributed by atoms with Gasteiger partial charge in [0.1, 0.15) is 5.70 Å². The minimum atomic E-state index is -0.155. The van der Waals surface area contributed by atoms with Gasteiger partial charge >= 0.3 is 0 Å². The second-order valence-electron chi connectivity index (χ2n) is 5.94. The van der Waals surface area contributed by atoms with Crippen LogP contribution in [0.1, 0.15) is 32.9 Å². The van der Waals surface area contributed by atoms with E-state index in [0.717, 1.165) is 17.0 Å². The van der Waals surface area contributed by atoms with Crippen LogP contribution in [-0.2, 0) is 0 Å². The number of halogens is 1. The maximum absolute atomic E-state index is 13.1. The first-order chi connectivity index (χ1) is 12.5. The summed E-state index contributed by atoms with van der Waals surface area (Å²) in [5, 5.41) is 14.0. The lowest BCUT2D eigenvalue weighted by atomic mass is 10.1. The Balaban J connectivity index is 2.11. The number of nitriles is 1. The summed E-state index contributed by atoms with van der Waals surface area (Å²) in [5.41, 5.74) is 4.04. The lowest BCUT2D eigenvalue weighted by Crippen LogP contribution is -2.12. The van der Waals surface area contributed by atoms with Crippen LogP contribution in [-0.4, -0.2) is 15.6 Å². The molecule has 0 aliphatic heterocycles. The monoisotopic (exact) mass is 361 g/mol. The molecule has 128 valence electrons. The molecule has 2 aromatic carbocycles. The van der Waals surface area contributed by atoms with Crippen molar-refractivity contribution >= 4 is 29.2 Å². The van der Waals surface area contributed by atoms with E-state index in [2.05, 4.69) is 11.2 Å². The summed E-state index contributed by atoms with van der Waals surface area (Å²) >= 11 is 5.93. The van der Waals surface area contributed by atoms with E-state index in [0.29, 0.717) is 21.8 Å². The summed E-state index contributed by atoms with van der Waals surface area (Å²) in [4.78, 5) is 13.1. The van der Waals surface area contributed by atoms with Crippen molar-refractivity contribution in [2.45, 2.75) is 13.8 Å². The zero-order chi connectivity index (χ0) is 18.7. The van der Waals surface area contributed by atoms with E-state index in [1.54, 1.807) is 59.3 Å². The van der Waals surface area contributed by atoms with E-state index in [4.69, 9.17) is 16.9 Å². The van der Waals surface area contributed by atoms with Crippen molar-refractivity contribution < 1.29 is 4.79 Å². The lowest BCUT2D eigenvalue weighted by molar-refractivity contribution is 0.105. The third-order valence-corrected chi connectivity index (χ3v) is 4.17. The fraction of sp³-hybridized carbons (Fsp3) is 0.0952. The highest BCUT2D eigenvalue weighted by Gasteiger charge is 2.17. The Morgan fingerprint density at radius 1 is 1.12 bits per heavy atom. The maximum atomic E-state index is 13.1. The molecule has 26 heavy (non-hydrogen) atoms. The van der Waals surface area contributed by atoms with Gasteiger partial charge in [-0.1, -0.05) is 23.7 Å². The van der Waals surface area contributed by atoms with Gasteiger partial charge in [0.15, 0.2) is 0 Å². The van der Waals surface area contributed by atoms with Crippen molar-refractivity contribution in [1.82, 2.24) is 9.78 Å². The second kappa shape index (κ2) is 7.38. The van der Waals surface area contributed by atoms with Crippen molar-refractivity contribution in [3.8, 4) is 6.07 Å². The summed E-state index contributed by atoms with van der Waals surface area (Å²) < 4.78 is 1.64. The average Bonchev–Trinajstić information content (AvgIpc) is 2.98. The Morgan fingerprint density at radius 2 is 1.77 bits per heavy atom. The van der Waals surface area contributed by atoms with Crippen LogP contribution in [0.25, 0.3) is 11.8 Å². The highest BCUT2D eigenvalue weighted by Crippen LogP contribution is 2.21. The number of Topliss-reactive ketones (excluding diaryl/α,β-unsaturated/α-hetero) is 1. The number of aryl methyl sites for hydroxylation is 2. The Morgan fingerprint density at radius 3 is 2.31 bits per heavy atom. The molecule has 3 rings (SSSR count). The Hall–Kier alpha value is -3.16. The molecule has 3 aromatic rings. The van der Waals surface area contributed by atoms with Gasteiger partial charge in [-0.05, 0) is 68.0 Å². The smallest absolute Gasteiger partial charge is 0.211 e. The third-order valence-electron chi connectivity index (χ3n) is 3.92. The molecule has 1 aromatic heterocycles. The molecule has 0 fully saturated rings. The van der Waals surface area contributed by atoms with Crippen molar-refractivity contribution in [2.75, 3.05) is 0 Å². The molecule has 0 saturated heterocycles. The van der Waals surface area contributed by atoms with Gasteiger partial charge in [-0.25, -0.2) is 4.68 Å². The first kappa shape index (κ1) is 17.7. The number of aromatic nitrogens is 2. The zero-order valence-corrected chi connectivity index (χ0v) is 15.2. The molecular formula is C21H16ClN3O. The number of ketones is 1. The number of carbonyl (C=O) groups excluding carboxylic acids is 1. The van der Waals surface area contributed by atoms with Crippen molar-refractivity contribution in [3.63, 3.8) is 0 Å². The van der Waals surface area contributed by atoms with Crippen LogP contribution in [0.2, 0.25) is 5.02 Å². The maximum Gasteiger partial charge on any atom is 0.211 e. The van der Waals surface area contributed by atoms with Gasteiger partial charge in [-0.15, -0.1) is 0 Å². The van der Waals surface area contributed by atoms with Gasteiger partial charge < -0.3 is 0 Å². The largest absolute Gasteiger partial charge is 0.287 e. The lowest BCUT2D eigenvalue weighted by Gasteiger charge is -2.10. The molecule has 0 aliphatic rings. The minimum absolute atomic E-state index is 0.155. The fourth-order valence-electron chi connectivity index (χ4n) is 2.66. The average molecular weight is 362 g/mol. The molecule has 1 heterocycles. The molecule has 0 bridgehead atoms. The molecule has 0 amide bonds. The predicted octanol–water partition coefficient (Wildman–Crippen LogP) is 4.91. The topological polar surface area (TPSA) is 58.7 Å². The molecule has 0 radical (unpaired) electrons. The Bertz CT molecular complexity index is 1020. The first-order valence-electron chi connectivity index (χ1n) is 8.03. The minimum Gasteiger partial charge on any atom is -0.287 e. The highest BCUT2D eigenvalue weighted by atomic mass is 35.5. The van der Waals surface area contributed by atoms with Crippen LogP contribution >= 0.6 is 11.6 Å². The number of benzene rings is 2. The zero-order valence-electron chi connectivity index (χ0n) is 14.4. The SMILES string of the molecule is Cc1cc(C)n(/C(=C\c2ccc(C#N)cc2)C(=O)c2ccc(Cl)cc2)n1. The van der Waals surface area contributed by atoms with Gasteiger partial charge in [0.25, 0.3) is 0 Å². The Kier molecular flexibility index (Phi) is 5.01. The van der Waals surface area contributed by atoms with Crippen molar-refractivity contribution in [3.05, 3.63) is 87.7 Å². The molecular weight excluding hydrogens is 346 g/mol. The van der Waals surface area contributed by atoms with Crippen molar-refractivity contribution in [2.24, 2.45) is 0 Å². The third kappa shape index (κ3) is 3.74. The number of hydrogen-bond acceptors (Lipinski definition) is 3. The summed E-state index contributed by atoms with van der Waals surface area (Å²) in [7, 11) is 0. The summed E-state index contributed by atoms with van der Waals surface area (Å²) in [6.45, 7) is 3.79. The number of hydrogen-bond donors (Lipinski definition) is 0. The van der Waals surface area contributed by atoms with E-state index in [1.165, 1.54) is 0 Å². The van der Waals surface area contributed by atoms with Crippen molar-refractivity contribution in [1.29, 1.82) is 5.26 Å². The number of allylic oxidation sites excluding steroid dienone is 1. The van der Waals surface area contributed by atoms with Gasteiger partial charge in [0.05, 0.1) is 17.3 Å². The second-order valence-corrected chi connectivity index (χ2v) is 6.37. The number of rotatable bonds is 4. The van der Waals surface area contributed by atoms with E-state index in [1.807, 2.05) is 19.9 Å². The first-order valence-corrected chi connectivity index (χ1v) is 8.41. The van der Waals surface area contributed by atoms with Gasteiger partial charge in [0.2, 0.25) is 5.78 Å². The summed E-state index contributed by atoms with van der Waals surface area (Å²) in [6.07, 6.45) is 1.78. The molecule has 0 N–H and O–H groups in total. The number of nitrogens with zero attached hydrogens (tertiary/aromatic N) is 3.